The first-order valence-corrected chi connectivity index (χ1v) is 6.42. The number of hydrogen-bond acceptors (Lipinski definition) is 1. The summed E-state index contributed by atoms with van der Waals surface area (Å²) < 4.78 is 26.4. The lowest BCUT2D eigenvalue weighted by molar-refractivity contribution is 0.0949. The Balaban J connectivity index is 1.92. The third kappa shape index (κ3) is 3.54. The van der Waals surface area contributed by atoms with E-state index in [4.69, 9.17) is 11.6 Å². The first-order chi connectivity index (χ1) is 9.58. The van der Waals surface area contributed by atoms with Crippen molar-refractivity contribution in [2.75, 3.05) is 6.54 Å². The van der Waals surface area contributed by atoms with Gasteiger partial charge in [-0.2, -0.15) is 0 Å². The van der Waals surface area contributed by atoms with Crippen LogP contribution in [-0.4, -0.2) is 12.5 Å². The van der Waals surface area contributed by atoms with Crippen LogP contribution in [0.3, 0.4) is 0 Å². The number of hydrogen-bond donors (Lipinski definition) is 1. The monoisotopic (exact) mass is 295 g/mol. The van der Waals surface area contributed by atoms with Crippen molar-refractivity contribution in [3.05, 3.63) is 70.2 Å². The molecule has 2 rings (SSSR count). The Morgan fingerprint density at radius 3 is 2.50 bits per heavy atom. The Labute approximate surface area is 120 Å². The van der Waals surface area contributed by atoms with Crippen LogP contribution in [0.15, 0.2) is 42.5 Å². The van der Waals surface area contributed by atoms with Crippen molar-refractivity contribution < 1.29 is 13.6 Å². The molecule has 0 aromatic heterocycles. The van der Waals surface area contributed by atoms with Gasteiger partial charge in [0, 0.05) is 11.6 Å². The topological polar surface area (TPSA) is 29.1 Å². The van der Waals surface area contributed by atoms with E-state index in [1.54, 1.807) is 12.1 Å². The van der Waals surface area contributed by atoms with Crippen molar-refractivity contribution >= 4 is 17.5 Å². The minimum Gasteiger partial charge on any atom is -0.352 e. The molecule has 0 unspecified atom stereocenters. The van der Waals surface area contributed by atoms with Gasteiger partial charge in [-0.25, -0.2) is 8.78 Å². The van der Waals surface area contributed by atoms with E-state index in [0.717, 1.165) is 11.6 Å². The van der Waals surface area contributed by atoms with Crippen LogP contribution in [0.2, 0.25) is 5.02 Å². The van der Waals surface area contributed by atoms with E-state index < -0.39 is 17.5 Å². The third-order valence-electron chi connectivity index (χ3n) is 2.81. The Morgan fingerprint density at radius 2 is 1.80 bits per heavy atom. The predicted molar refractivity (Wildman–Crippen MR) is 73.8 cm³/mol. The van der Waals surface area contributed by atoms with Crippen LogP contribution in [0.4, 0.5) is 8.78 Å². The molecule has 1 N–H and O–H groups in total. The van der Waals surface area contributed by atoms with Gasteiger partial charge in [-0.05, 0) is 36.2 Å². The molecular formula is C15H12ClF2NO. The van der Waals surface area contributed by atoms with Crippen molar-refractivity contribution in [3.63, 3.8) is 0 Å². The van der Waals surface area contributed by atoms with Crippen LogP contribution in [-0.2, 0) is 6.42 Å². The van der Waals surface area contributed by atoms with Gasteiger partial charge in [0.2, 0.25) is 0 Å². The van der Waals surface area contributed by atoms with Crippen molar-refractivity contribution in [2.24, 2.45) is 0 Å². The van der Waals surface area contributed by atoms with E-state index in [9.17, 15) is 13.6 Å². The second-order valence-electron chi connectivity index (χ2n) is 4.23. The molecule has 1 amide bonds. The highest BCUT2D eigenvalue weighted by Crippen LogP contribution is 2.12. The number of amides is 1. The first-order valence-electron chi connectivity index (χ1n) is 6.04. The second kappa shape index (κ2) is 6.48. The molecule has 2 nitrogen and oxygen atoms in total. The van der Waals surface area contributed by atoms with E-state index in [1.807, 2.05) is 12.1 Å². The average molecular weight is 296 g/mol. The molecule has 0 saturated heterocycles. The lowest BCUT2D eigenvalue weighted by Gasteiger charge is -2.06. The summed E-state index contributed by atoms with van der Waals surface area (Å²) in [6.45, 7) is 0.330. The molecule has 0 bridgehead atoms. The SMILES string of the molecule is O=C(NCCc1ccc(Cl)cc1)c1cccc(F)c1F. The molecular weight excluding hydrogens is 284 g/mol. The summed E-state index contributed by atoms with van der Waals surface area (Å²) in [5, 5.41) is 3.19. The van der Waals surface area contributed by atoms with E-state index in [0.29, 0.717) is 18.0 Å². The zero-order valence-corrected chi connectivity index (χ0v) is 11.3. The van der Waals surface area contributed by atoms with Crippen molar-refractivity contribution in [1.82, 2.24) is 5.32 Å². The summed E-state index contributed by atoms with van der Waals surface area (Å²) in [6.07, 6.45) is 0.583. The minimum absolute atomic E-state index is 0.291. The molecule has 0 aliphatic rings. The zero-order chi connectivity index (χ0) is 14.5. The summed E-state index contributed by atoms with van der Waals surface area (Å²) in [5.74, 6) is -2.79. The van der Waals surface area contributed by atoms with Crippen LogP contribution in [0, 0.1) is 11.6 Å². The maximum Gasteiger partial charge on any atom is 0.254 e. The molecule has 0 heterocycles. The summed E-state index contributed by atoms with van der Waals surface area (Å²) in [6, 6.07) is 10.7. The van der Waals surface area contributed by atoms with Gasteiger partial charge in [-0.1, -0.05) is 29.8 Å². The van der Waals surface area contributed by atoms with Crippen LogP contribution in [0.5, 0.6) is 0 Å². The fraction of sp³-hybridized carbons (Fsp3) is 0.133. The highest BCUT2D eigenvalue weighted by molar-refractivity contribution is 6.30. The Bertz CT molecular complexity index is 614. The van der Waals surface area contributed by atoms with Gasteiger partial charge in [0.1, 0.15) is 0 Å². The largest absolute Gasteiger partial charge is 0.352 e. The number of nitrogens with one attached hydrogen (secondary N) is 1. The van der Waals surface area contributed by atoms with Gasteiger partial charge < -0.3 is 5.32 Å². The quantitative estimate of drug-likeness (QED) is 0.917. The third-order valence-corrected chi connectivity index (χ3v) is 3.06. The molecule has 2 aromatic rings. The van der Waals surface area contributed by atoms with Crippen LogP contribution < -0.4 is 5.32 Å². The molecule has 104 valence electrons. The van der Waals surface area contributed by atoms with Gasteiger partial charge >= 0.3 is 0 Å². The molecule has 2 aromatic carbocycles. The van der Waals surface area contributed by atoms with Gasteiger partial charge in [-0.15, -0.1) is 0 Å². The minimum atomic E-state index is -1.13. The summed E-state index contributed by atoms with van der Waals surface area (Å²) in [7, 11) is 0. The highest BCUT2D eigenvalue weighted by atomic mass is 35.5. The molecule has 0 spiro atoms. The van der Waals surface area contributed by atoms with Gasteiger partial charge in [0.15, 0.2) is 11.6 Å². The summed E-state index contributed by atoms with van der Waals surface area (Å²) >= 11 is 5.76. The second-order valence-corrected chi connectivity index (χ2v) is 4.67. The van der Waals surface area contributed by atoms with E-state index in [2.05, 4.69) is 5.32 Å². The molecule has 5 heteroatoms. The number of benzene rings is 2. The smallest absolute Gasteiger partial charge is 0.254 e. The Morgan fingerprint density at radius 1 is 1.10 bits per heavy atom. The summed E-state index contributed by atoms with van der Waals surface area (Å²) in [4.78, 5) is 11.7. The first kappa shape index (κ1) is 14.5. The lowest BCUT2D eigenvalue weighted by atomic mass is 10.1. The molecule has 0 aliphatic carbocycles. The van der Waals surface area contributed by atoms with Gasteiger partial charge in [-0.3, -0.25) is 4.79 Å². The standard InChI is InChI=1S/C15H12ClF2NO/c16-11-6-4-10(5-7-11)8-9-19-15(20)12-2-1-3-13(17)14(12)18/h1-7H,8-9H2,(H,19,20). The van der Waals surface area contributed by atoms with E-state index in [1.165, 1.54) is 12.1 Å². The fourth-order valence-corrected chi connectivity index (χ4v) is 1.87. The van der Waals surface area contributed by atoms with Crippen molar-refractivity contribution in [1.29, 1.82) is 0 Å². The molecule has 0 radical (unpaired) electrons. The van der Waals surface area contributed by atoms with Crippen LogP contribution in [0.25, 0.3) is 0 Å². The van der Waals surface area contributed by atoms with Crippen molar-refractivity contribution in [3.8, 4) is 0 Å². The molecule has 20 heavy (non-hydrogen) atoms. The Kier molecular flexibility index (Phi) is 4.69. The number of halogens is 3. The van der Waals surface area contributed by atoms with Gasteiger partial charge in [0.05, 0.1) is 5.56 Å². The number of carbonyl (C=O) groups excluding carboxylic acids is 1. The lowest BCUT2D eigenvalue weighted by Crippen LogP contribution is -2.26. The molecule has 0 aliphatic heterocycles. The molecule has 0 saturated carbocycles. The molecule has 0 atom stereocenters. The number of rotatable bonds is 4. The van der Waals surface area contributed by atoms with Crippen molar-refractivity contribution in [2.45, 2.75) is 6.42 Å². The maximum absolute atomic E-state index is 13.4. The zero-order valence-electron chi connectivity index (χ0n) is 10.5. The Hall–Kier alpha value is -1.94. The average Bonchev–Trinajstić information content (AvgIpc) is 2.44. The van der Waals surface area contributed by atoms with E-state index in [-0.39, 0.29) is 5.56 Å². The van der Waals surface area contributed by atoms with E-state index >= 15 is 0 Å². The normalized spacial score (nSPS) is 10.3. The van der Waals surface area contributed by atoms with Crippen LogP contribution >= 0.6 is 11.6 Å². The highest BCUT2D eigenvalue weighted by Gasteiger charge is 2.14. The van der Waals surface area contributed by atoms with Crippen LogP contribution in [0.1, 0.15) is 15.9 Å². The fourth-order valence-electron chi connectivity index (χ4n) is 1.75. The summed E-state index contributed by atoms with van der Waals surface area (Å²) in [5.41, 5.74) is 0.704. The number of carbonyl (C=O) groups is 1. The molecule has 0 fully saturated rings. The van der Waals surface area contributed by atoms with Gasteiger partial charge in [0.25, 0.3) is 5.91 Å². The maximum atomic E-state index is 13.4. The predicted octanol–water partition coefficient (Wildman–Crippen LogP) is 3.59.